The van der Waals surface area contributed by atoms with Crippen molar-refractivity contribution in [3.8, 4) is 11.3 Å². The van der Waals surface area contributed by atoms with E-state index >= 15 is 4.39 Å². The Bertz CT molecular complexity index is 1630. The summed E-state index contributed by atoms with van der Waals surface area (Å²) < 4.78 is 47.0. The average molecular weight is 598 g/mol. The first-order valence-electron chi connectivity index (χ1n) is 14.7. The van der Waals surface area contributed by atoms with Gasteiger partial charge in [0, 0.05) is 40.5 Å². The van der Waals surface area contributed by atoms with Crippen LogP contribution in [0.3, 0.4) is 0 Å². The second-order valence-corrected chi connectivity index (χ2v) is 14.6. The molecule has 0 spiro atoms. The number of aliphatic carboxylic acids is 1. The molecule has 8 nitrogen and oxygen atoms in total. The van der Waals surface area contributed by atoms with Crippen molar-refractivity contribution in [2.45, 2.75) is 95.7 Å². The number of aromatic nitrogens is 1. The summed E-state index contributed by atoms with van der Waals surface area (Å²) in [5.74, 6) is -1.76. The van der Waals surface area contributed by atoms with Crippen LogP contribution in [0.2, 0.25) is 0 Å². The number of carbonyl (C=O) groups is 2. The molecule has 10 heteroatoms. The minimum Gasteiger partial charge on any atom is -0.481 e. The lowest BCUT2D eigenvalue weighted by Gasteiger charge is -2.32. The summed E-state index contributed by atoms with van der Waals surface area (Å²) in [4.78, 5) is 24.6. The van der Waals surface area contributed by atoms with Gasteiger partial charge in [0.15, 0.2) is 0 Å². The molecule has 0 unspecified atom stereocenters. The smallest absolute Gasteiger partial charge is 0.306 e. The number of nitrogens with one attached hydrogen (secondary N) is 2. The van der Waals surface area contributed by atoms with Crippen LogP contribution in [0, 0.1) is 24.6 Å². The third-order valence-electron chi connectivity index (χ3n) is 8.56. The van der Waals surface area contributed by atoms with E-state index in [1.165, 1.54) is 18.6 Å². The first-order chi connectivity index (χ1) is 19.7. The Morgan fingerprint density at radius 2 is 1.76 bits per heavy atom. The minimum atomic E-state index is -4.04. The molecule has 42 heavy (non-hydrogen) atoms. The molecule has 0 atom stereocenters. The molecule has 0 radical (unpaired) electrons. The molecule has 2 fully saturated rings. The summed E-state index contributed by atoms with van der Waals surface area (Å²) >= 11 is 0. The second-order valence-electron chi connectivity index (χ2n) is 12.9. The van der Waals surface area contributed by atoms with Gasteiger partial charge < -0.3 is 15.0 Å². The number of rotatable bonds is 8. The zero-order valence-electron chi connectivity index (χ0n) is 24.7. The van der Waals surface area contributed by atoms with Gasteiger partial charge >= 0.3 is 5.97 Å². The number of fused-ring (bicyclic) bond motifs is 1. The van der Waals surface area contributed by atoms with Crippen LogP contribution in [0.25, 0.3) is 22.0 Å². The lowest BCUT2D eigenvalue weighted by molar-refractivity contribution is -0.145. The predicted molar refractivity (Wildman–Crippen MR) is 160 cm³/mol. The fourth-order valence-corrected chi connectivity index (χ4v) is 8.04. The van der Waals surface area contributed by atoms with E-state index in [2.05, 4.69) is 14.6 Å². The van der Waals surface area contributed by atoms with Gasteiger partial charge in [-0.15, -0.1) is 0 Å². The van der Waals surface area contributed by atoms with Gasteiger partial charge in [0.1, 0.15) is 5.82 Å². The van der Waals surface area contributed by atoms with E-state index in [4.69, 9.17) is 0 Å². The van der Waals surface area contributed by atoms with Crippen LogP contribution in [0.4, 0.5) is 4.39 Å². The molecule has 0 aliphatic heterocycles. The first kappa shape index (κ1) is 30.2. The van der Waals surface area contributed by atoms with Gasteiger partial charge in [-0.1, -0.05) is 37.5 Å². The van der Waals surface area contributed by atoms with Crippen molar-refractivity contribution < 1.29 is 27.5 Å². The highest BCUT2D eigenvalue weighted by Crippen LogP contribution is 2.38. The van der Waals surface area contributed by atoms with Crippen LogP contribution < -0.4 is 10.0 Å². The summed E-state index contributed by atoms with van der Waals surface area (Å²) in [6.45, 7) is 7.79. The fraction of sp³-hybridized carbons (Fsp3) is 0.500. The fourth-order valence-electron chi connectivity index (χ4n) is 6.40. The standard InChI is InChI=1S/C32H40FN3O5S/c1-19-25(30(37)34-22-15-21(16-22)31(38)39)17-27(36(19)18-20-9-6-5-7-10-20)23-13-14-28(42(40,41)35-32(2,3)4)29-24(23)11-8-12-26(29)33/h8,11-14,17,20-22,35H,5-7,9-10,15-16,18H2,1-4H3,(H,34,37)(H,38,39). The van der Waals surface area contributed by atoms with Gasteiger partial charge in [0.2, 0.25) is 10.0 Å². The van der Waals surface area contributed by atoms with Crippen LogP contribution in [0.5, 0.6) is 0 Å². The normalized spacial score (nSPS) is 19.9. The van der Waals surface area contributed by atoms with Crippen LogP contribution >= 0.6 is 0 Å². The predicted octanol–water partition coefficient (Wildman–Crippen LogP) is 6.01. The number of sulfonamides is 1. The van der Waals surface area contributed by atoms with Crippen molar-refractivity contribution in [2.24, 2.45) is 11.8 Å². The number of nitrogens with zero attached hydrogens (tertiary/aromatic N) is 1. The second kappa shape index (κ2) is 11.4. The van der Waals surface area contributed by atoms with Crippen molar-refractivity contribution in [1.82, 2.24) is 14.6 Å². The number of carbonyl (C=O) groups excluding carboxylic acids is 1. The maximum atomic E-state index is 15.5. The molecule has 2 aliphatic carbocycles. The number of amides is 1. The van der Waals surface area contributed by atoms with Gasteiger partial charge in [-0.25, -0.2) is 17.5 Å². The van der Waals surface area contributed by atoms with Crippen molar-refractivity contribution in [3.05, 3.63) is 53.5 Å². The van der Waals surface area contributed by atoms with E-state index in [-0.39, 0.29) is 22.2 Å². The maximum absolute atomic E-state index is 15.5. The molecule has 0 saturated heterocycles. The van der Waals surface area contributed by atoms with Crippen molar-refractivity contribution in [1.29, 1.82) is 0 Å². The number of carboxylic acids is 1. The topological polar surface area (TPSA) is 118 Å². The summed E-state index contributed by atoms with van der Waals surface area (Å²) in [5.41, 5.74) is 1.87. The number of benzene rings is 2. The van der Waals surface area contributed by atoms with E-state index in [1.54, 1.807) is 39.0 Å². The quantitative estimate of drug-likeness (QED) is 0.294. The Hall–Kier alpha value is -3.24. The van der Waals surface area contributed by atoms with E-state index in [0.29, 0.717) is 41.8 Å². The number of carboxylic acid groups (broad SMARTS) is 1. The van der Waals surface area contributed by atoms with Crippen LogP contribution in [0.1, 0.15) is 81.8 Å². The molecule has 1 amide bonds. The molecule has 0 bridgehead atoms. The lowest BCUT2D eigenvalue weighted by Crippen LogP contribution is -2.46. The highest BCUT2D eigenvalue weighted by molar-refractivity contribution is 7.89. The highest BCUT2D eigenvalue weighted by atomic mass is 32.2. The van der Waals surface area contributed by atoms with E-state index in [0.717, 1.165) is 37.1 Å². The number of halogens is 1. The SMILES string of the molecule is Cc1c(C(=O)NC2CC(C(=O)O)C2)cc(-c2ccc(S(=O)(=O)NC(C)(C)C)c3c(F)cccc23)n1CC1CCCCC1. The van der Waals surface area contributed by atoms with Gasteiger partial charge in [-0.05, 0) is 82.9 Å². The Balaban J connectivity index is 1.61. The van der Waals surface area contributed by atoms with E-state index < -0.39 is 33.3 Å². The Morgan fingerprint density at radius 1 is 1.07 bits per heavy atom. The highest BCUT2D eigenvalue weighted by Gasteiger charge is 2.36. The molecule has 2 aliphatic rings. The molecule has 2 aromatic carbocycles. The third-order valence-corrected chi connectivity index (χ3v) is 10.4. The van der Waals surface area contributed by atoms with Crippen LogP contribution in [-0.2, 0) is 21.4 Å². The molecular weight excluding hydrogens is 557 g/mol. The summed E-state index contributed by atoms with van der Waals surface area (Å²) in [7, 11) is -4.04. The third kappa shape index (κ3) is 6.10. The molecule has 1 heterocycles. The van der Waals surface area contributed by atoms with Crippen LogP contribution in [0.15, 0.2) is 41.3 Å². The summed E-state index contributed by atoms with van der Waals surface area (Å²) in [6.07, 6.45) is 6.49. The number of hydrogen-bond donors (Lipinski definition) is 3. The zero-order chi connectivity index (χ0) is 30.4. The Kier molecular flexibility index (Phi) is 8.24. The van der Waals surface area contributed by atoms with Gasteiger partial charge in [0.05, 0.1) is 16.4 Å². The monoisotopic (exact) mass is 597 g/mol. The molecule has 1 aromatic heterocycles. The number of hydrogen-bond acceptors (Lipinski definition) is 4. The summed E-state index contributed by atoms with van der Waals surface area (Å²) in [6, 6.07) is 9.31. The van der Waals surface area contributed by atoms with Gasteiger partial charge in [0.25, 0.3) is 5.91 Å². The van der Waals surface area contributed by atoms with Crippen molar-refractivity contribution in [3.63, 3.8) is 0 Å². The average Bonchev–Trinajstić information content (AvgIpc) is 3.20. The zero-order valence-corrected chi connectivity index (χ0v) is 25.5. The first-order valence-corrected chi connectivity index (χ1v) is 16.2. The Morgan fingerprint density at radius 3 is 2.40 bits per heavy atom. The van der Waals surface area contributed by atoms with Gasteiger partial charge in [-0.3, -0.25) is 9.59 Å². The molecule has 226 valence electrons. The van der Waals surface area contributed by atoms with Crippen LogP contribution in [-0.4, -0.2) is 41.5 Å². The maximum Gasteiger partial charge on any atom is 0.306 e. The molecule has 3 aromatic rings. The van der Waals surface area contributed by atoms with Gasteiger partial charge in [-0.2, -0.15) is 0 Å². The lowest BCUT2D eigenvalue weighted by atomic mass is 9.80. The van der Waals surface area contributed by atoms with Crippen molar-refractivity contribution in [2.75, 3.05) is 0 Å². The van der Waals surface area contributed by atoms with Crippen molar-refractivity contribution >= 4 is 32.7 Å². The summed E-state index contributed by atoms with van der Waals surface area (Å²) in [5, 5.41) is 12.7. The Labute approximate surface area is 246 Å². The molecule has 2 saturated carbocycles. The van der Waals surface area contributed by atoms with E-state index in [9.17, 15) is 23.1 Å². The molecule has 5 rings (SSSR count). The van der Waals surface area contributed by atoms with E-state index in [1.807, 2.05) is 13.0 Å². The largest absolute Gasteiger partial charge is 0.481 e. The minimum absolute atomic E-state index is 0.00926. The molecule has 3 N–H and O–H groups in total. The molecular formula is C32H40FN3O5S.